The number of nitrogens with two attached hydrogens (primary N) is 1. The maximum absolute atomic E-state index is 12.3. The van der Waals surface area contributed by atoms with E-state index < -0.39 is 0 Å². The molecule has 140 valence electrons. The van der Waals surface area contributed by atoms with Crippen LogP contribution in [0, 0.1) is 12.3 Å². The molecule has 0 amide bonds. The smallest absolute Gasteiger partial charge is 0.281 e. The molecule has 0 saturated carbocycles. The van der Waals surface area contributed by atoms with Gasteiger partial charge in [-0.1, -0.05) is 5.92 Å². The van der Waals surface area contributed by atoms with E-state index in [1.54, 1.807) is 0 Å². The predicted octanol–water partition coefficient (Wildman–Crippen LogP) is 0.177. The summed E-state index contributed by atoms with van der Waals surface area (Å²) in [4.78, 5) is 24.5. The van der Waals surface area contributed by atoms with Gasteiger partial charge in [0.05, 0.1) is 46.2 Å². The Morgan fingerprint density at radius 1 is 0.880 bits per heavy atom. The van der Waals surface area contributed by atoms with E-state index in [-0.39, 0.29) is 39.8 Å². The molecule has 1 rings (SSSR count). The van der Waals surface area contributed by atoms with Gasteiger partial charge in [0.1, 0.15) is 15.5 Å². The van der Waals surface area contributed by atoms with Crippen LogP contribution in [0.1, 0.15) is 0 Å². The number of hydrogen-bond acceptors (Lipinski definition) is 6. The Kier molecular flexibility index (Phi) is 11.0. The Labute approximate surface area is 162 Å². The maximum Gasteiger partial charge on any atom is 0.281 e. The zero-order chi connectivity index (χ0) is 18.7. The number of ether oxygens (including phenoxy) is 3. The molecule has 10 heteroatoms. The van der Waals surface area contributed by atoms with Crippen LogP contribution in [0.3, 0.4) is 0 Å². The van der Waals surface area contributed by atoms with Crippen LogP contribution in [-0.2, 0) is 27.3 Å². The topological polar surface area (TPSA) is 97.7 Å². The number of terminal acetylenes is 1. The second-order valence-corrected chi connectivity index (χ2v) is 6.33. The number of rotatable bonds is 12. The van der Waals surface area contributed by atoms with E-state index >= 15 is 0 Å². The van der Waals surface area contributed by atoms with E-state index in [1.165, 1.54) is 9.36 Å². The van der Waals surface area contributed by atoms with Gasteiger partial charge in [0.2, 0.25) is 0 Å². The van der Waals surface area contributed by atoms with Crippen molar-refractivity contribution in [2.24, 2.45) is 5.73 Å². The third-order valence-electron chi connectivity index (χ3n) is 3.02. The fraction of sp³-hybridized carbons (Fsp3) is 0.600. The SMILES string of the molecule is C#CCn1c(=O)c(Br)c(Br)c(=O)n1CCOCCOCCOCCN. The Hall–Kier alpha value is -0.960. The molecule has 0 radical (unpaired) electrons. The first-order valence-electron chi connectivity index (χ1n) is 7.60. The third kappa shape index (κ3) is 7.05. The summed E-state index contributed by atoms with van der Waals surface area (Å²) < 4.78 is 18.7. The summed E-state index contributed by atoms with van der Waals surface area (Å²) in [7, 11) is 0. The molecule has 0 spiro atoms. The molecule has 1 heterocycles. The molecule has 0 atom stereocenters. The minimum atomic E-state index is -0.384. The molecule has 0 aliphatic rings. The standard InChI is InChI=1S/C15H21Br2N3O5/c1-2-4-19-14(21)12(16)13(17)15(22)20(19)5-7-24-9-11-25-10-8-23-6-3-18/h1H,3-11,18H2. The molecule has 8 nitrogen and oxygen atoms in total. The first-order valence-corrected chi connectivity index (χ1v) is 9.18. The molecular formula is C15H21Br2N3O5. The zero-order valence-corrected chi connectivity index (χ0v) is 16.9. The van der Waals surface area contributed by atoms with Crippen LogP contribution < -0.4 is 16.9 Å². The Balaban J connectivity index is 2.46. The van der Waals surface area contributed by atoms with Gasteiger partial charge < -0.3 is 19.9 Å². The lowest BCUT2D eigenvalue weighted by atomic mass is 10.5. The molecule has 0 unspecified atom stereocenters. The van der Waals surface area contributed by atoms with Crippen LogP contribution >= 0.6 is 31.9 Å². The van der Waals surface area contributed by atoms with Crippen LogP contribution in [-0.4, -0.2) is 55.5 Å². The summed E-state index contributed by atoms with van der Waals surface area (Å²) >= 11 is 6.20. The monoisotopic (exact) mass is 481 g/mol. The van der Waals surface area contributed by atoms with Crippen molar-refractivity contribution in [1.82, 2.24) is 9.36 Å². The molecule has 0 bridgehead atoms. The van der Waals surface area contributed by atoms with Gasteiger partial charge in [-0.2, -0.15) is 0 Å². The summed E-state index contributed by atoms with van der Waals surface area (Å²) in [5, 5.41) is 0. The van der Waals surface area contributed by atoms with Crippen LogP contribution in [0.4, 0.5) is 0 Å². The molecule has 1 aromatic rings. The fourth-order valence-electron chi connectivity index (χ4n) is 1.88. The lowest BCUT2D eigenvalue weighted by Gasteiger charge is -2.15. The van der Waals surface area contributed by atoms with E-state index in [0.717, 1.165) is 0 Å². The number of hydrogen-bond donors (Lipinski definition) is 1. The van der Waals surface area contributed by atoms with Crippen molar-refractivity contribution in [3.8, 4) is 12.3 Å². The highest BCUT2D eigenvalue weighted by Gasteiger charge is 2.14. The number of aromatic nitrogens is 2. The second kappa shape index (κ2) is 12.4. The van der Waals surface area contributed by atoms with Crippen molar-refractivity contribution in [2.75, 3.05) is 46.2 Å². The van der Waals surface area contributed by atoms with Gasteiger partial charge in [0.15, 0.2) is 0 Å². The van der Waals surface area contributed by atoms with Crippen molar-refractivity contribution in [3.63, 3.8) is 0 Å². The highest BCUT2D eigenvalue weighted by molar-refractivity contribution is 9.13. The molecule has 0 saturated heterocycles. The van der Waals surface area contributed by atoms with Gasteiger partial charge in [0.25, 0.3) is 11.1 Å². The van der Waals surface area contributed by atoms with Gasteiger partial charge in [-0.05, 0) is 31.9 Å². The summed E-state index contributed by atoms with van der Waals surface area (Å²) in [5.41, 5.74) is 4.55. The minimum absolute atomic E-state index is 0.00807. The average Bonchev–Trinajstić information content (AvgIpc) is 2.61. The highest BCUT2D eigenvalue weighted by atomic mass is 79.9. The lowest BCUT2D eigenvalue weighted by molar-refractivity contribution is 0.0134. The lowest BCUT2D eigenvalue weighted by Crippen LogP contribution is -2.40. The summed E-state index contributed by atoms with van der Waals surface area (Å²) in [6.07, 6.45) is 5.27. The quantitative estimate of drug-likeness (QED) is 0.337. The van der Waals surface area contributed by atoms with E-state index in [4.69, 9.17) is 26.4 Å². The molecule has 0 aliphatic carbocycles. The van der Waals surface area contributed by atoms with Gasteiger partial charge in [0, 0.05) is 6.54 Å². The molecule has 1 aromatic heterocycles. The fourth-order valence-corrected chi connectivity index (χ4v) is 2.62. The molecular weight excluding hydrogens is 462 g/mol. The van der Waals surface area contributed by atoms with Gasteiger partial charge in [-0.15, -0.1) is 6.42 Å². The molecule has 0 aromatic carbocycles. The average molecular weight is 483 g/mol. The van der Waals surface area contributed by atoms with Gasteiger partial charge in [-0.25, -0.2) is 9.36 Å². The molecule has 2 N–H and O–H groups in total. The normalized spacial score (nSPS) is 10.8. The Morgan fingerprint density at radius 2 is 1.36 bits per heavy atom. The first kappa shape index (κ1) is 22.1. The summed E-state index contributed by atoms with van der Waals surface area (Å²) in [5.74, 6) is 2.36. The third-order valence-corrected chi connectivity index (χ3v) is 5.03. The minimum Gasteiger partial charge on any atom is -0.378 e. The van der Waals surface area contributed by atoms with Crippen molar-refractivity contribution in [3.05, 3.63) is 29.7 Å². The van der Waals surface area contributed by atoms with Crippen LogP contribution in [0.15, 0.2) is 18.5 Å². The largest absolute Gasteiger partial charge is 0.378 e. The van der Waals surface area contributed by atoms with Crippen LogP contribution in [0.5, 0.6) is 0 Å². The van der Waals surface area contributed by atoms with E-state index in [0.29, 0.717) is 39.6 Å². The number of halogens is 2. The second-order valence-electron chi connectivity index (χ2n) is 4.75. The van der Waals surface area contributed by atoms with Crippen molar-refractivity contribution >= 4 is 31.9 Å². The van der Waals surface area contributed by atoms with Crippen LogP contribution in [0.25, 0.3) is 0 Å². The zero-order valence-electron chi connectivity index (χ0n) is 13.7. The highest BCUT2D eigenvalue weighted by Crippen LogP contribution is 2.13. The Morgan fingerprint density at radius 3 is 1.88 bits per heavy atom. The molecule has 25 heavy (non-hydrogen) atoms. The molecule has 0 fully saturated rings. The van der Waals surface area contributed by atoms with E-state index in [1.807, 2.05) is 0 Å². The van der Waals surface area contributed by atoms with Gasteiger partial charge >= 0.3 is 0 Å². The van der Waals surface area contributed by atoms with Crippen molar-refractivity contribution in [1.29, 1.82) is 0 Å². The first-order chi connectivity index (χ1) is 12.0. The molecule has 0 aliphatic heterocycles. The maximum atomic E-state index is 12.3. The van der Waals surface area contributed by atoms with Crippen LogP contribution in [0.2, 0.25) is 0 Å². The predicted molar refractivity (Wildman–Crippen MR) is 101 cm³/mol. The van der Waals surface area contributed by atoms with Crippen molar-refractivity contribution < 1.29 is 14.2 Å². The van der Waals surface area contributed by atoms with Crippen molar-refractivity contribution in [2.45, 2.75) is 13.1 Å². The summed E-state index contributed by atoms with van der Waals surface area (Å²) in [6, 6.07) is 0. The number of nitrogens with zero attached hydrogens (tertiary/aromatic N) is 2. The summed E-state index contributed by atoms with van der Waals surface area (Å²) in [6.45, 7) is 3.14. The van der Waals surface area contributed by atoms with E-state index in [9.17, 15) is 9.59 Å². The van der Waals surface area contributed by atoms with E-state index in [2.05, 4.69) is 37.8 Å². The Bertz CT molecular complexity index is 696. The van der Waals surface area contributed by atoms with Gasteiger partial charge in [-0.3, -0.25) is 9.59 Å².